The zero-order chi connectivity index (χ0) is 19.7. The van der Waals surface area contributed by atoms with E-state index < -0.39 is 0 Å². The minimum absolute atomic E-state index is 0.0827. The van der Waals surface area contributed by atoms with Gasteiger partial charge in [-0.3, -0.25) is 4.79 Å². The van der Waals surface area contributed by atoms with Crippen LogP contribution in [0.1, 0.15) is 46.4 Å². The summed E-state index contributed by atoms with van der Waals surface area (Å²) in [5.74, 6) is 0.0827. The molecule has 0 saturated heterocycles. The fraction of sp³-hybridized carbons (Fsp3) is 0.240. The largest absolute Gasteiger partial charge is 0.378 e. The molecule has 0 fully saturated rings. The van der Waals surface area contributed by atoms with Crippen LogP contribution >= 0.6 is 0 Å². The summed E-state index contributed by atoms with van der Waals surface area (Å²) in [5, 5.41) is 3.67. The number of carbonyl (C=O) groups is 1. The molecule has 3 aromatic carbocycles. The van der Waals surface area contributed by atoms with Crippen molar-refractivity contribution in [3.63, 3.8) is 0 Å². The second-order valence-corrected chi connectivity index (χ2v) is 7.65. The Bertz CT molecular complexity index is 996. The Morgan fingerprint density at radius 2 is 1.57 bits per heavy atom. The van der Waals surface area contributed by atoms with Gasteiger partial charge >= 0.3 is 0 Å². The maximum Gasteiger partial charge on any atom is 0.258 e. The van der Waals surface area contributed by atoms with Crippen molar-refractivity contribution in [3.05, 3.63) is 95.1 Å². The van der Waals surface area contributed by atoms with E-state index in [0.29, 0.717) is 0 Å². The summed E-state index contributed by atoms with van der Waals surface area (Å²) in [6.45, 7) is 6.24. The van der Waals surface area contributed by atoms with E-state index in [1.54, 1.807) is 0 Å². The second-order valence-electron chi connectivity index (χ2n) is 7.65. The molecule has 3 nitrogen and oxygen atoms in total. The standard InChI is InChI=1S/C25H26N2O/c1-17-10-7-8-14-21(17)25(28)27-19(3)16-23(26-20-12-5-4-6-13-20)22-15-9-11-18(2)24(22)27/h4-15,19,23,26H,16H2,1-3H3/t19-,23-/m1/s1. The maximum absolute atomic E-state index is 13.5. The van der Waals surface area contributed by atoms with Gasteiger partial charge in [0.2, 0.25) is 0 Å². The van der Waals surface area contributed by atoms with Crippen LogP contribution in [0.15, 0.2) is 72.8 Å². The lowest BCUT2D eigenvalue weighted by Gasteiger charge is -2.41. The van der Waals surface area contributed by atoms with E-state index in [2.05, 4.69) is 49.5 Å². The van der Waals surface area contributed by atoms with Crippen molar-refractivity contribution in [2.45, 2.75) is 39.3 Å². The molecule has 0 aliphatic carbocycles. The van der Waals surface area contributed by atoms with Gasteiger partial charge in [0.05, 0.1) is 11.7 Å². The van der Waals surface area contributed by atoms with Gasteiger partial charge in [-0.15, -0.1) is 0 Å². The molecule has 0 radical (unpaired) electrons. The van der Waals surface area contributed by atoms with Crippen LogP contribution in [0, 0.1) is 13.8 Å². The van der Waals surface area contributed by atoms with Crippen molar-refractivity contribution in [3.8, 4) is 0 Å². The highest BCUT2D eigenvalue weighted by Gasteiger charge is 2.35. The fourth-order valence-electron chi connectivity index (χ4n) is 4.20. The molecule has 4 rings (SSSR count). The first kappa shape index (κ1) is 18.3. The predicted octanol–water partition coefficient (Wildman–Crippen LogP) is 5.90. The van der Waals surface area contributed by atoms with Gasteiger partial charge in [-0.05, 0) is 62.1 Å². The Kier molecular flexibility index (Phi) is 4.91. The molecule has 28 heavy (non-hydrogen) atoms. The molecule has 1 aliphatic rings. The minimum Gasteiger partial charge on any atom is -0.378 e. The number of carbonyl (C=O) groups excluding carboxylic acids is 1. The third-order valence-corrected chi connectivity index (χ3v) is 5.61. The van der Waals surface area contributed by atoms with E-state index in [4.69, 9.17) is 0 Å². The lowest BCUT2D eigenvalue weighted by Crippen LogP contribution is -2.45. The van der Waals surface area contributed by atoms with Gasteiger partial charge < -0.3 is 10.2 Å². The summed E-state index contributed by atoms with van der Waals surface area (Å²) in [4.78, 5) is 15.5. The molecule has 1 heterocycles. The first-order valence-electron chi connectivity index (χ1n) is 9.86. The Labute approximate surface area is 167 Å². The number of anilines is 2. The van der Waals surface area contributed by atoms with E-state index in [-0.39, 0.29) is 18.0 Å². The molecule has 0 unspecified atom stereocenters. The number of benzene rings is 3. The van der Waals surface area contributed by atoms with Gasteiger partial charge in [0.1, 0.15) is 0 Å². The van der Waals surface area contributed by atoms with Gasteiger partial charge in [-0.1, -0.05) is 54.6 Å². The topological polar surface area (TPSA) is 32.3 Å². The van der Waals surface area contributed by atoms with Crippen LogP contribution < -0.4 is 10.2 Å². The van der Waals surface area contributed by atoms with E-state index in [1.165, 1.54) is 5.56 Å². The number of hydrogen-bond acceptors (Lipinski definition) is 2. The van der Waals surface area contributed by atoms with Crippen LogP contribution in [-0.2, 0) is 0 Å². The van der Waals surface area contributed by atoms with Gasteiger partial charge in [0.25, 0.3) is 5.91 Å². The quantitative estimate of drug-likeness (QED) is 0.623. The van der Waals surface area contributed by atoms with Crippen LogP contribution in [0.5, 0.6) is 0 Å². The summed E-state index contributed by atoms with van der Waals surface area (Å²) < 4.78 is 0. The van der Waals surface area contributed by atoms with Gasteiger partial charge in [-0.2, -0.15) is 0 Å². The first-order chi connectivity index (χ1) is 13.6. The molecule has 1 N–H and O–H groups in total. The van der Waals surface area contributed by atoms with Gasteiger partial charge in [0.15, 0.2) is 0 Å². The monoisotopic (exact) mass is 370 g/mol. The molecule has 142 valence electrons. The molecule has 0 bridgehead atoms. The van der Waals surface area contributed by atoms with Crippen LogP contribution in [0.2, 0.25) is 0 Å². The SMILES string of the molecule is Cc1ccccc1C(=O)N1c2c(C)cccc2[C@H](Nc2ccccc2)C[C@H]1C. The number of nitrogens with zero attached hydrogens (tertiary/aromatic N) is 1. The molecule has 3 aromatic rings. The Balaban J connectivity index is 1.76. The molecule has 1 aliphatic heterocycles. The zero-order valence-electron chi connectivity index (χ0n) is 16.6. The molecule has 2 atom stereocenters. The van der Waals surface area contributed by atoms with Crippen LogP contribution in [0.25, 0.3) is 0 Å². The van der Waals surface area contributed by atoms with Crippen molar-refractivity contribution in [2.75, 3.05) is 10.2 Å². The number of hydrogen-bond donors (Lipinski definition) is 1. The van der Waals surface area contributed by atoms with E-state index in [9.17, 15) is 4.79 Å². The van der Waals surface area contributed by atoms with E-state index in [0.717, 1.165) is 34.5 Å². The highest BCUT2D eigenvalue weighted by molar-refractivity contribution is 6.08. The summed E-state index contributed by atoms with van der Waals surface area (Å²) in [5.41, 5.74) is 6.25. The Hall–Kier alpha value is -3.07. The smallest absolute Gasteiger partial charge is 0.258 e. The average molecular weight is 370 g/mol. The van der Waals surface area contributed by atoms with Crippen molar-refractivity contribution in [1.82, 2.24) is 0 Å². The minimum atomic E-state index is 0.0827. The lowest BCUT2D eigenvalue weighted by atomic mass is 9.88. The van der Waals surface area contributed by atoms with Crippen LogP contribution in [0.3, 0.4) is 0 Å². The maximum atomic E-state index is 13.5. The highest BCUT2D eigenvalue weighted by Crippen LogP contribution is 2.41. The number of aryl methyl sites for hydroxylation is 2. The Morgan fingerprint density at radius 1 is 0.893 bits per heavy atom. The number of nitrogens with one attached hydrogen (secondary N) is 1. The molecule has 0 aromatic heterocycles. The van der Waals surface area contributed by atoms with E-state index >= 15 is 0 Å². The third-order valence-electron chi connectivity index (χ3n) is 5.61. The molecule has 3 heteroatoms. The molecular weight excluding hydrogens is 344 g/mol. The van der Waals surface area contributed by atoms with Crippen LogP contribution in [0.4, 0.5) is 11.4 Å². The van der Waals surface area contributed by atoms with Crippen molar-refractivity contribution >= 4 is 17.3 Å². The number of fused-ring (bicyclic) bond motifs is 1. The highest BCUT2D eigenvalue weighted by atomic mass is 16.2. The predicted molar refractivity (Wildman–Crippen MR) is 116 cm³/mol. The number of rotatable bonds is 3. The summed E-state index contributed by atoms with van der Waals surface area (Å²) in [7, 11) is 0. The molecule has 1 amide bonds. The summed E-state index contributed by atoms with van der Waals surface area (Å²) in [6.07, 6.45) is 0.864. The summed E-state index contributed by atoms with van der Waals surface area (Å²) in [6, 6.07) is 24.7. The Morgan fingerprint density at radius 3 is 2.32 bits per heavy atom. The molecular formula is C25H26N2O. The third kappa shape index (κ3) is 3.29. The molecule has 0 saturated carbocycles. The first-order valence-corrected chi connectivity index (χ1v) is 9.86. The fourth-order valence-corrected chi connectivity index (χ4v) is 4.20. The molecule has 0 spiro atoms. The van der Waals surface area contributed by atoms with Gasteiger partial charge in [0, 0.05) is 17.3 Å². The normalized spacial score (nSPS) is 18.5. The van der Waals surface area contributed by atoms with Crippen molar-refractivity contribution in [1.29, 1.82) is 0 Å². The summed E-state index contributed by atoms with van der Waals surface area (Å²) >= 11 is 0. The van der Waals surface area contributed by atoms with Crippen molar-refractivity contribution in [2.24, 2.45) is 0 Å². The number of para-hydroxylation sites is 2. The van der Waals surface area contributed by atoms with Crippen LogP contribution in [-0.4, -0.2) is 11.9 Å². The zero-order valence-corrected chi connectivity index (χ0v) is 16.6. The van der Waals surface area contributed by atoms with Gasteiger partial charge in [-0.25, -0.2) is 0 Å². The van der Waals surface area contributed by atoms with E-state index in [1.807, 2.05) is 54.3 Å². The second kappa shape index (κ2) is 7.51. The number of amides is 1. The lowest BCUT2D eigenvalue weighted by molar-refractivity contribution is 0.0973. The van der Waals surface area contributed by atoms with Crippen molar-refractivity contribution < 1.29 is 4.79 Å². The average Bonchev–Trinajstić information content (AvgIpc) is 2.69.